The molecule has 2 aromatic rings. The highest BCUT2D eigenvalue weighted by Crippen LogP contribution is 2.25. The van der Waals surface area contributed by atoms with Gasteiger partial charge < -0.3 is 9.47 Å². The van der Waals surface area contributed by atoms with Gasteiger partial charge >= 0.3 is 5.97 Å². The van der Waals surface area contributed by atoms with Crippen LogP contribution in [0.25, 0.3) is 11.1 Å². The molecule has 0 amide bonds. The summed E-state index contributed by atoms with van der Waals surface area (Å²) < 4.78 is 11.2. The van der Waals surface area contributed by atoms with Crippen LogP contribution in [-0.2, 0) is 16.0 Å². The molecule has 0 saturated heterocycles. The second kappa shape index (κ2) is 12.1. The zero-order valence-corrected chi connectivity index (χ0v) is 18.0. The maximum atomic E-state index is 11.6. The van der Waals surface area contributed by atoms with Crippen molar-refractivity contribution in [3.05, 3.63) is 66.7 Å². The average Bonchev–Trinajstić information content (AvgIpc) is 2.74. The average molecular weight is 395 g/mol. The van der Waals surface area contributed by atoms with Crippen molar-refractivity contribution in [1.29, 1.82) is 0 Å². The van der Waals surface area contributed by atoms with Gasteiger partial charge in [-0.2, -0.15) is 0 Å². The van der Waals surface area contributed by atoms with Crippen LogP contribution in [0.4, 0.5) is 0 Å². The molecule has 0 radical (unpaired) electrons. The van der Waals surface area contributed by atoms with Crippen molar-refractivity contribution >= 4 is 5.97 Å². The molecule has 0 saturated carbocycles. The SMILES string of the molecule is C=CC(=O)OC(CCCCC)Oc1ccc(-c2ccc(C[C@@H](C)CC)cc2)cc1. The zero-order chi connectivity index (χ0) is 21.1. The van der Waals surface area contributed by atoms with Crippen molar-refractivity contribution in [2.45, 2.75) is 65.6 Å². The van der Waals surface area contributed by atoms with Crippen molar-refractivity contribution < 1.29 is 14.3 Å². The summed E-state index contributed by atoms with van der Waals surface area (Å²) in [5.41, 5.74) is 3.70. The first-order valence-corrected chi connectivity index (χ1v) is 10.7. The minimum Gasteiger partial charge on any atom is -0.455 e. The molecular weight excluding hydrogens is 360 g/mol. The molecule has 0 aliphatic rings. The van der Waals surface area contributed by atoms with Gasteiger partial charge in [0.05, 0.1) is 0 Å². The van der Waals surface area contributed by atoms with Crippen LogP contribution in [0.2, 0.25) is 0 Å². The number of ether oxygens (including phenoxy) is 2. The minimum absolute atomic E-state index is 0.458. The third-order valence-electron chi connectivity index (χ3n) is 5.15. The number of rotatable bonds is 12. The Bertz CT molecular complexity index is 747. The molecule has 0 aliphatic heterocycles. The summed E-state index contributed by atoms with van der Waals surface area (Å²) in [5, 5.41) is 0. The lowest BCUT2D eigenvalue weighted by molar-refractivity contribution is -0.158. The van der Waals surface area contributed by atoms with Gasteiger partial charge in [-0.3, -0.25) is 0 Å². The van der Waals surface area contributed by atoms with E-state index in [0.717, 1.165) is 31.2 Å². The van der Waals surface area contributed by atoms with E-state index < -0.39 is 12.3 Å². The third kappa shape index (κ3) is 7.77. The van der Waals surface area contributed by atoms with Gasteiger partial charge in [0, 0.05) is 12.5 Å². The molecule has 0 heterocycles. The summed E-state index contributed by atoms with van der Waals surface area (Å²) in [6.45, 7) is 10.1. The highest BCUT2D eigenvalue weighted by molar-refractivity contribution is 5.81. The lowest BCUT2D eigenvalue weighted by Crippen LogP contribution is -2.23. The molecule has 2 rings (SSSR count). The van der Waals surface area contributed by atoms with E-state index in [9.17, 15) is 4.79 Å². The number of carbonyl (C=O) groups is 1. The van der Waals surface area contributed by atoms with Crippen LogP contribution >= 0.6 is 0 Å². The lowest BCUT2D eigenvalue weighted by atomic mass is 9.97. The van der Waals surface area contributed by atoms with Crippen LogP contribution in [0.5, 0.6) is 5.75 Å². The Kier molecular flexibility index (Phi) is 9.49. The van der Waals surface area contributed by atoms with E-state index in [2.05, 4.69) is 51.6 Å². The Morgan fingerprint density at radius 1 is 1.00 bits per heavy atom. The molecule has 1 unspecified atom stereocenters. The minimum atomic E-state index is -0.585. The number of hydrogen-bond donors (Lipinski definition) is 0. The molecule has 29 heavy (non-hydrogen) atoms. The summed E-state index contributed by atoms with van der Waals surface area (Å²) in [6, 6.07) is 16.7. The maximum absolute atomic E-state index is 11.6. The summed E-state index contributed by atoms with van der Waals surface area (Å²) >= 11 is 0. The molecular formula is C26H34O3. The molecule has 0 aliphatic carbocycles. The van der Waals surface area contributed by atoms with Crippen molar-refractivity contribution in [1.82, 2.24) is 0 Å². The Balaban J connectivity index is 2.01. The van der Waals surface area contributed by atoms with E-state index in [1.54, 1.807) is 0 Å². The van der Waals surface area contributed by atoms with Gasteiger partial charge in [-0.05, 0) is 47.6 Å². The third-order valence-corrected chi connectivity index (χ3v) is 5.15. The standard InChI is InChI=1S/C26H34O3/c1-5-8-9-10-26(29-25(27)7-3)28-24-17-15-23(16-18-24)22-13-11-21(12-14-22)19-20(4)6-2/h7,11-18,20,26H,3,5-6,8-10,19H2,1-2,4H3/t20-,26?/m0/s1. The summed E-state index contributed by atoms with van der Waals surface area (Å²) in [4.78, 5) is 11.6. The summed E-state index contributed by atoms with van der Waals surface area (Å²) in [6.07, 6.45) is 6.71. The number of hydrogen-bond acceptors (Lipinski definition) is 3. The quantitative estimate of drug-likeness (QED) is 0.169. The molecule has 0 fully saturated rings. The second-order valence-corrected chi connectivity index (χ2v) is 7.62. The first-order chi connectivity index (χ1) is 14.0. The van der Waals surface area contributed by atoms with Crippen molar-refractivity contribution in [2.75, 3.05) is 0 Å². The van der Waals surface area contributed by atoms with E-state index in [4.69, 9.17) is 9.47 Å². The highest BCUT2D eigenvalue weighted by Gasteiger charge is 2.14. The van der Waals surface area contributed by atoms with Gasteiger partial charge in [0.15, 0.2) is 0 Å². The van der Waals surface area contributed by atoms with Crippen LogP contribution in [0.1, 0.15) is 58.4 Å². The lowest BCUT2D eigenvalue weighted by Gasteiger charge is -2.19. The van der Waals surface area contributed by atoms with Crippen LogP contribution < -0.4 is 4.74 Å². The Morgan fingerprint density at radius 2 is 1.62 bits per heavy atom. The first kappa shape index (κ1) is 22.7. The van der Waals surface area contributed by atoms with Gasteiger partial charge in [0.25, 0.3) is 0 Å². The van der Waals surface area contributed by atoms with E-state index in [1.807, 2.05) is 24.3 Å². The maximum Gasteiger partial charge on any atom is 0.333 e. The summed E-state index contributed by atoms with van der Waals surface area (Å²) in [5.74, 6) is 0.943. The van der Waals surface area contributed by atoms with Gasteiger partial charge in [-0.25, -0.2) is 4.79 Å². The smallest absolute Gasteiger partial charge is 0.333 e. The highest BCUT2D eigenvalue weighted by atomic mass is 16.7. The number of esters is 1. The fourth-order valence-corrected chi connectivity index (χ4v) is 3.14. The van der Waals surface area contributed by atoms with Crippen LogP contribution in [0.15, 0.2) is 61.2 Å². The number of benzene rings is 2. The zero-order valence-electron chi connectivity index (χ0n) is 18.0. The van der Waals surface area contributed by atoms with Crippen molar-refractivity contribution in [2.24, 2.45) is 5.92 Å². The van der Waals surface area contributed by atoms with Gasteiger partial charge in [0.2, 0.25) is 6.29 Å². The monoisotopic (exact) mass is 394 g/mol. The Labute approximate surface area is 175 Å². The Hall–Kier alpha value is -2.55. The number of unbranched alkanes of at least 4 members (excludes halogenated alkanes) is 2. The normalized spacial score (nSPS) is 12.8. The summed E-state index contributed by atoms with van der Waals surface area (Å²) in [7, 11) is 0. The van der Waals surface area contributed by atoms with Crippen LogP contribution in [-0.4, -0.2) is 12.3 Å². The predicted molar refractivity (Wildman–Crippen MR) is 120 cm³/mol. The molecule has 3 heteroatoms. The van der Waals surface area contributed by atoms with Crippen LogP contribution in [0.3, 0.4) is 0 Å². The second-order valence-electron chi connectivity index (χ2n) is 7.62. The van der Waals surface area contributed by atoms with E-state index >= 15 is 0 Å². The van der Waals surface area contributed by atoms with Crippen LogP contribution in [0, 0.1) is 5.92 Å². The van der Waals surface area contributed by atoms with Crippen molar-refractivity contribution in [3.8, 4) is 16.9 Å². The van der Waals surface area contributed by atoms with Gasteiger partial charge in [-0.15, -0.1) is 0 Å². The first-order valence-electron chi connectivity index (χ1n) is 10.7. The predicted octanol–water partition coefficient (Wildman–Crippen LogP) is 6.96. The number of carbonyl (C=O) groups excluding carboxylic acids is 1. The van der Waals surface area contributed by atoms with Crippen molar-refractivity contribution in [3.63, 3.8) is 0 Å². The molecule has 3 nitrogen and oxygen atoms in total. The van der Waals surface area contributed by atoms with E-state index in [-0.39, 0.29) is 0 Å². The molecule has 0 aromatic heterocycles. The molecule has 2 aromatic carbocycles. The van der Waals surface area contributed by atoms with Gasteiger partial charge in [0.1, 0.15) is 5.75 Å². The molecule has 2 atom stereocenters. The fraction of sp³-hybridized carbons (Fsp3) is 0.423. The molecule has 0 bridgehead atoms. The fourth-order valence-electron chi connectivity index (χ4n) is 3.14. The molecule has 0 N–H and O–H groups in total. The largest absolute Gasteiger partial charge is 0.455 e. The Morgan fingerprint density at radius 3 is 2.17 bits per heavy atom. The van der Waals surface area contributed by atoms with Gasteiger partial charge in [-0.1, -0.05) is 83.0 Å². The molecule has 156 valence electrons. The topological polar surface area (TPSA) is 35.5 Å². The van der Waals surface area contributed by atoms with E-state index in [0.29, 0.717) is 18.1 Å². The van der Waals surface area contributed by atoms with E-state index in [1.165, 1.54) is 23.6 Å². The molecule has 0 spiro atoms.